The highest BCUT2D eigenvalue weighted by atomic mass is 79.9. The number of hydrogen-bond donors (Lipinski definition) is 2. The number of ether oxygens (including phenoxy) is 2. The van der Waals surface area contributed by atoms with Crippen LogP contribution in [0.1, 0.15) is 34.6 Å². The highest BCUT2D eigenvalue weighted by molar-refractivity contribution is 9.10. The molecule has 8 heteroatoms. The number of esters is 2. The smallest absolute Gasteiger partial charge is 0.338 e. The molecule has 0 aliphatic carbocycles. The zero-order valence-electron chi connectivity index (χ0n) is 15.5. The van der Waals surface area contributed by atoms with Crippen LogP contribution in [-0.2, 0) is 9.47 Å². The van der Waals surface area contributed by atoms with Crippen molar-refractivity contribution in [3.05, 3.63) is 68.6 Å². The van der Waals surface area contributed by atoms with Crippen LogP contribution >= 0.6 is 31.9 Å². The fourth-order valence-corrected chi connectivity index (χ4v) is 2.26. The van der Waals surface area contributed by atoms with Gasteiger partial charge in [0.1, 0.15) is 12.7 Å². The monoisotopic (exact) mass is 516 g/mol. The van der Waals surface area contributed by atoms with Gasteiger partial charge in [0.25, 0.3) is 0 Å². The number of carbonyl (C=O) groups excluding carboxylic acids is 2. The van der Waals surface area contributed by atoms with Gasteiger partial charge in [-0.05, 0) is 62.4 Å². The summed E-state index contributed by atoms with van der Waals surface area (Å²) >= 11 is 6.60. The Bertz CT molecular complexity index is 744. The minimum atomic E-state index is -0.560. The van der Waals surface area contributed by atoms with Crippen LogP contribution in [0.2, 0.25) is 0 Å². The van der Waals surface area contributed by atoms with E-state index >= 15 is 0 Å². The van der Waals surface area contributed by atoms with E-state index in [1.54, 1.807) is 55.5 Å². The largest absolute Gasteiger partial charge is 0.458 e. The molecular formula is C20H22Br2O6. The molecule has 2 N–H and O–H groups in total. The van der Waals surface area contributed by atoms with Crippen molar-refractivity contribution in [1.29, 1.82) is 0 Å². The van der Waals surface area contributed by atoms with E-state index in [-0.39, 0.29) is 13.2 Å². The second-order valence-corrected chi connectivity index (χ2v) is 7.69. The summed E-state index contributed by atoms with van der Waals surface area (Å²) in [6.07, 6.45) is -1.10. The van der Waals surface area contributed by atoms with Crippen LogP contribution in [0.3, 0.4) is 0 Å². The predicted octanol–water partition coefficient (Wildman–Crippen LogP) is 3.97. The van der Waals surface area contributed by atoms with Gasteiger partial charge in [0, 0.05) is 8.95 Å². The van der Waals surface area contributed by atoms with Crippen LogP contribution in [0, 0.1) is 0 Å². The Morgan fingerprint density at radius 1 is 0.893 bits per heavy atom. The highest BCUT2D eigenvalue weighted by Gasteiger charge is 2.15. The maximum atomic E-state index is 11.9. The van der Waals surface area contributed by atoms with Crippen LogP contribution in [0.4, 0.5) is 0 Å². The quantitative estimate of drug-likeness (QED) is 0.563. The van der Waals surface area contributed by atoms with Crippen LogP contribution in [0.15, 0.2) is 57.5 Å². The number of halogens is 2. The Morgan fingerprint density at radius 3 is 1.68 bits per heavy atom. The van der Waals surface area contributed by atoms with E-state index in [0.717, 1.165) is 8.95 Å². The Morgan fingerprint density at radius 2 is 1.29 bits per heavy atom. The lowest BCUT2D eigenvalue weighted by atomic mass is 10.2. The van der Waals surface area contributed by atoms with E-state index < -0.39 is 24.1 Å². The van der Waals surface area contributed by atoms with Gasteiger partial charge in [-0.1, -0.05) is 31.9 Å². The lowest BCUT2D eigenvalue weighted by Crippen LogP contribution is -2.22. The topological polar surface area (TPSA) is 93.1 Å². The van der Waals surface area contributed by atoms with Gasteiger partial charge < -0.3 is 19.7 Å². The van der Waals surface area contributed by atoms with Gasteiger partial charge in [-0.2, -0.15) is 0 Å². The van der Waals surface area contributed by atoms with Crippen molar-refractivity contribution in [2.45, 2.75) is 26.1 Å². The SMILES string of the molecule is CC(COC(=O)c1ccc(Br)cc1)OC(=O)c1ccc(Br)cc1.CC(O)CO. The molecule has 0 saturated carbocycles. The summed E-state index contributed by atoms with van der Waals surface area (Å²) in [5, 5.41) is 16.0. The molecule has 0 bridgehead atoms. The van der Waals surface area contributed by atoms with E-state index in [4.69, 9.17) is 19.7 Å². The number of rotatable bonds is 6. The maximum Gasteiger partial charge on any atom is 0.338 e. The Kier molecular flexibility index (Phi) is 11.0. The molecule has 2 atom stereocenters. The third-order valence-corrected chi connectivity index (χ3v) is 4.24. The average molecular weight is 518 g/mol. The molecule has 2 aromatic rings. The van der Waals surface area contributed by atoms with E-state index in [0.29, 0.717) is 11.1 Å². The molecule has 0 aromatic heterocycles. The fourth-order valence-electron chi connectivity index (χ4n) is 1.73. The molecule has 152 valence electrons. The van der Waals surface area contributed by atoms with Crippen molar-refractivity contribution in [1.82, 2.24) is 0 Å². The Hall–Kier alpha value is -1.74. The zero-order valence-corrected chi connectivity index (χ0v) is 18.6. The molecular weight excluding hydrogens is 496 g/mol. The molecule has 0 amide bonds. The summed E-state index contributed by atoms with van der Waals surface area (Å²) in [5.74, 6) is -0.909. The summed E-state index contributed by atoms with van der Waals surface area (Å²) in [4.78, 5) is 23.8. The van der Waals surface area contributed by atoms with E-state index in [1.165, 1.54) is 6.92 Å². The molecule has 0 saturated heterocycles. The van der Waals surface area contributed by atoms with Gasteiger partial charge in [0.15, 0.2) is 0 Å². The van der Waals surface area contributed by atoms with Crippen molar-refractivity contribution < 1.29 is 29.3 Å². The second kappa shape index (κ2) is 12.7. The number of aliphatic hydroxyl groups is 2. The van der Waals surface area contributed by atoms with Crippen molar-refractivity contribution in [2.24, 2.45) is 0 Å². The van der Waals surface area contributed by atoms with Crippen molar-refractivity contribution in [3.8, 4) is 0 Å². The molecule has 0 fully saturated rings. The van der Waals surface area contributed by atoms with Crippen LogP contribution < -0.4 is 0 Å². The van der Waals surface area contributed by atoms with Gasteiger partial charge in [0.05, 0.1) is 23.8 Å². The molecule has 2 aromatic carbocycles. The van der Waals surface area contributed by atoms with E-state index in [9.17, 15) is 9.59 Å². The summed E-state index contributed by atoms with van der Waals surface area (Å²) in [7, 11) is 0. The lowest BCUT2D eigenvalue weighted by Gasteiger charge is -2.13. The summed E-state index contributed by atoms with van der Waals surface area (Å²) in [6.45, 7) is 3.06. The van der Waals surface area contributed by atoms with Crippen molar-refractivity contribution in [3.63, 3.8) is 0 Å². The van der Waals surface area contributed by atoms with Crippen LogP contribution in [0.5, 0.6) is 0 Å². The zero-order chi connectivity index (χ0) is 21.1. The van der Waals surface area contributed by atoms with Gasteiger partial charge in [-0.25, -0.2) is 9.59 Å². The summed E-state index contributed by atoms with van der Waals surface area (Å²) in [5.41, 5.74) is 0.888. The molecule has 0 radical (unpaired) electrons. The predicted molar refractivity (Wildman–Crippen MR) is 112 cm³/mol. The Labute approximate surface area is 180 Å². The maximum absolute atomic E-state index is 11.9. The lowest BCUT2D eigenvalue weighted by molar-refractivity contribution is 0.00448. The summed E-state index contributed by atoms with van der Waals surface area (Å²) in [6, 6.07) is 13.7. The van der Waals surface area contributed by atoms with Crippen molar-refractivity contribution >= 4 is 43.8 Å². The molecule has 2 rings (SSSR count). The van der Waals surface area contributed by atoms with Crippen LogP contribution in [-0.4, -0.2) is 47.6 Å². The minimum Gasteiger partial charge on any atom is -0.458 e. The second-order valence-electron chi connectivity index (χ2n) is 5.86. The molecule has 2 unspecified atom stereocenters. The highest BCUT2D eigenvalue weighted by Crippen LogP contribution is 2.13. The average Bonchev–Trinajstić information content (AvgIpc) is 2.67. The van der Waals surface area contributed by atoms with E-state index in [1.807, 2.05) is 0 Å². The molecule has 0 aliphatic rings. The molecule has 0 heterocycles. The van der Waals surface area contributed by atoms with Crippen molar-refractivity contribution in [2.75, 3.05) is 13.2 Å². The van der Waals surface area contributed by atoms with Crippen LogP contribution in [0.25, 0.3) is 0 Å². The van der Waals surface area contributed by atoms with Gasteiger partial charge in [-0.15, -0.1) is 0 Å². The first-order valence-electron chi connectivity index (χ1n) is 8.41. The van der Waals surface area contributed by atoms with Gasteiger partial charge in [0.2, 0.25) is 0 Å². The number of aliphatic hydroxyl groups excluding tert-OH is 2. The van der Waals surface area contributed by atoms with Gasteiger partial charge in [-0.3, -0.25) is 0 Å². The summed E-state index contributed by atoms with van der Waals surface area (Å²) < 4.78 is 12.1. The third kappa shape index (κ3) is 9.45. The minimum absolute atomic E-state index is 0.00281. The number of hydrogen-bond acceptors (Lipinski definition) is 6. The van der Waals surface area contributed by atoms with E-state index in [2.05, 4.69) is 31.9 Å². The first-order valence-corrected chi connectivity index (χ1v) is 9.99. The first kappa shape index (κ1) is 24.3. The standard InChI is InChI=1S/C17H14Br2O4.C3H8O2/c1-11(23-17(21)13-4-8-15(19)9-5-13)10-22-16(20)12-2-6-14(18)7-3-12;1-3(5)2-4/h2-9,11H,10H2,1H3;3-5H,2H2,1H3. The van der Waals surface area contributed by atoms with Gasteiger partial charge >= 0.3 is 11.9 Å². The molecule has 0 aliphatic heterocycles. The normalized spacial score (nSPS) is 12.2. The molecule has 0 spiro atoms. The number of carbonyl (C=O) groups is 2. The number of benzene rings is 2. The fraction of sp³-hybridized carbons (Fsp3) is 0.300. The molecule has 6 nitrogen and oxygen atoms in total. The third-order valence-electron chi connectivity index (χ3n) is 3.18. The molecule has 28 heavy (non-hydrogen) atoms. The Balaban J connectivity index is 0.000000696. The first-order chi connectivity index (χ1) is 13.2.